The van der Waals surface area contributed by atoms with E-state index in [0.717, 1.165) is 5.56 Å². The van der Waals surface area contributed by atoms with Crippen molar-refractivity contribution in [3.8, 4) is 0 Å². The van der Waals surface area contributed by atoms with E-state index in [-0.39, 0.29) is 11.8 Å². The fourth-order valence-corrected chi connectivity index (χ4v) is 5.29. The third kappa shape index (κ3) is 2.59. The van der Waals surface area contributed by atoms with Crippen LogP contribution in [0.5, 0.6) is 0 Å². The molecule has 21 heavy (non-hydrogen) atoms. The lowest BCUT2D eigenvalue weighted by Gasteiger charge is -2.04. The Morgan fingerprint density at radius 2 is 1.62 bits per heavy atom. The van der Waals surface area contributed by atoms with Crippen LogP contribution in [0, 0.1) is 5.92 Å². The van der Waals surface area contributed by atoms with Crippen LogP contribution in [0.4, 0.5) is 0 Å². The third-order valence-corrected chi connectivity index (χ3v) is 6.59. The molecular weight excluding hydrogens is 306 g/mol. The quantitative estimate of drug-likeness (QED) is 0.942. The van der Waals surface area contributed by atoms with Gasteiger partial charge in [-0.15, -0.1) is 0 Å². The lowest BCUT2D eigenvalue weighted by Crippen LogP contribution is -2.13. The molecule has 2 aromatic rings. The first-order valence-corrected chi connectivity index (χ1v) is 8.72. The summed E-state index contributed by atoms with van der Waals surface area (Å²) in [5.41, 5.74) is 6.80. The molecule has 2 N–H and O–H groups in total. The van der Waals surface area contributed by atoms with E-state index in [9.17, 15) is 8.42 Å². The smallest absolute Gasteiger partial charge is 0.182 e. The first kappa shape index (κ1) is 14.6. The Balaban J connectivity index is 1.94. The maximum Gasteiger partial charge on any atom is 0.182 e. The van der Waals surface area contributed by atoms with Crippen LogP contribution >= 0.6 is 11.6 Å². The number of hydrogen-bond donors (Lipinski definition) is 1. The second-order valence-corrected chi connectivity index (χ2v) is 7.84. The van der Waals surface area contributed by atoms with Crippen molar-refractivity contribution >= 4 is 21.4 Å². The van der Waals surface area contributed by atoms with Gasteiger partial charge in [0.15, 0.2) is 9.84 Å². The maximum absolute atomic E-state index is 12.8. The van der Waals surface area contributed by atoms with E-state index in [4.69, 9.17) is 17.3 Å². The fourth-order valence-electron chi connectivity index (χ4n) is 2.94. The summed E-state index contributed by atoms with van der Waals surface area (Å²) in [5.74, 6) is -0.0371. The number of benzene rings is 2. The molecule has 0 saturated heterocycles. The van der Waals surface area contributed by atoms with Crippen molar-refractivity contribution in [2.75, 3.05) is 6.54 Å². The Morgan fingerprint density at radius 1 is 1.00 bits per heavy atom. The van der Waals surface area contributed by atoms with Gasteiger partial charge in [-0.05, 0) is 42.3 Å². The van der Waals surface area contributed by atoms with Gasteiger partial charge in [0.2, 0.25) is 0 Å². The molecule has 110 valence electrons. The van der Waals surface area contributed by atoms with Crippen molar-refractivity contribution in [3.05, 3.63) is 65.2 Å². The first-order valence-electron chi connectivity index (χ1n) is 6.80. The zero-order valence-electron chi connectivity index (χ0n) is 11.3. The van der Waals surface area contributed by atoms with Crippen molar-refractivity contribution < 1.29 is 8.42 Å². The van der Waals surface area contributed by atoms with Crippen molar-refractivity contribution in [1.29, 1.82) is 0 Å². The lowest BCUT2D eigenvalue weighted by molar-refractivity contribution is 0.591. The van der Waals surface area contributed by atoms with Crippen molar-refractivity contribution in [1.82, 2.24) is 0 Å². The van der Waals surface area contributed by atoms with Crippen LogP contribution in [0.25, 0.3) is 0 Å². The number of rotatable bonds is 4. The summed E-state index contributed by atoms with van der Waals surface area (Å²) < 4.78 is 25.5. The molecule has 1 aliphatic carbocycles. The van der Waals surface area contributed by atoms with Gasteiger partial charge in [0, 0.05) is 10.9 Å². The van der Waals surface area contributed by atoms with Gasteiger partial charge in [-0.1, -0.05) is 41.9 Å². The highest BCUT2D eigenvalue weighted by Crippen LogP contribution is 2.53. The molecule has 3 nitrogen and oxygen atoms in total. The van der Waals surface area contributed by atoms with Crippen molar-refractivity contribution in [2.45, 2.75) is 16.1 Å². The molecule has 5 heteroatoms. The average molecular weight is 322 g/mol. The molecule has 0 spiro atoms. The molecule has 1 saturated carbocycles. The van der Waals surface area contributed by atoms with Gasteiger partial charge in [0.05, 0.1) is 10.1 Å². The molecule has 2 aromatic carbocycles. The van der Waals surface area contributed by atoms with E-state index < -0.39 is 15.1 Å². The third-order valence-electron chi connectivity index (χ3n) is 4.05. The second-order valence-electron chi connectivity index (χ2n) is 5.30. The largest absolute Gasteiger partial charge is 0.330 e. The number of hydrogen-bond acceptors (Lipinski definition) is 3. The van der Waals surface area contributed by atoms with Crippen molar-refractivity contribution in [3.63, 3.8) is 0 Å². The van der Waals surface area contributed by atoms with Crippen LogP contribution in [-0.2, 0) is 9.84 Å². The van der Waals surface area contributed by atoms with Crippen LogP contribution in [0.1, 0.15) is 11.5 Å². The van der Waals surface area contributed by atoms with E-state index in [0.29, 0.717) is 16.5 Å². The fraction of sp³-hybridized carbons (Fsp3) is 0.250. The molecule has 1 aliphatic rings. The van der Waals surface area contributed by atoms with E-state index in [1.165, 1.54) is 0 Å². The molecule has 0 aliphatic heterocycles. The molecule has 0 aromatic heterocycles. The monoisotopic (exact) mass is 321 g/mol. The molecular formula is C16H16ClNO2S. The van der Waals surface area contributed by atoms with Gasteiger partial charge < -0.3 is 5.73 Å². The zero-order valence-corrected chi connectivity index (χ0v) is 12.9. The normalized spacial score (nSPS) is 24.8. The Bertz CT molecular complexity index is 729. The van der Waals surface area contributed by atoms with E-state index in [1.54, 1.807) is 24.3 Å². The van der Waals surface area contributed by atoms with Gasteiger partial charge in [-0.25, -0.2) is 8.42 Å². The van der Waals surface area contributed by atoms with Gasteiger partial charge in [-0.2, -0.15) is 0 Å². The zero-order chi connectivity index (χ0) is 15.0. The van der Waals surface area contributed by atoms with Gasteiger partial charge >= 0.3 is 0 Å². The Kier molecular flexibility index (Phi) is 3.78. The van der Waals surface area contributed by atoms with Crippen molar-refractivity contribution in [2.24, 2.45) is 11.7 Å². The predicted molar refractivity (Wildman–Crippen MR) is 84.2 cm³/mol. The number of halogens is 1. The molecule has 0 radical (unpaired) electrons. The van der Waals surface area contributed by atoms with Crippen LogP contribution < -0.4 is 5.73 Å². The number of nitrogens with two attached hydrogens (primary N) is 1. The maximum atomic E-state index is 12.8. The minimum atomic E-state index is -3.38. The highest BCUT2D eigenvalue weighted by molar-refractivity contribution is 7.92. The highest BCUT2D eigenvalue weighted by atomic mass is 35.5. The standard InChI is InChI=1S/C16H16ClNO2S/c17-12-6-8-13(9-7-12)21(19,20)16-14(10-18)15(16)11-4-2-1-3-5-11/h1-9,14-16H,10,18H2. The summed E-state index contributed by atoms with van der Waals surface area (Å²) in [4.78, 5) is 0.314. The molecule has 1 fully saturated rings. The molecule has 0 amide bonds. The summed E-state index contributed by atoms with van der Waals surface area (Å²) in [7, 11) is -3.38. The van der Waals surface area contributed by atoms with Gasteiger partial charge in [0.25, 0.3) is 0 Å². The SMILES string of the molecule is NCC1C(c2ccccc2)C1S(=O)(=O)c1ccc(Cl)cc1. The Labute approximate surface area is 129 Å². The van der Waals surface area contributed by atoms with E-state index >= 15 is 0 Å². The summed E-state index contributed by atoms with van der Waals surface area (Å²) in [6.45, 7) is 0.372. The Hall–Kier alpha value is -1.36. The number of sulfone groups is 1. The summed E-state index contributed by atoms with van der Waals surface area (Å²) in [6, 6.07) is 16.0. The summed E-state index contributed by atoms with van der Waals surface area (Å²) >= 11 is 5.82. The summed E-state index contributed by atoms with van der Waals surface area (Å²) in [5, 5.41) is 0.0887. The lowest BCUT2D eigenvalue weighted by atomic mass is 10.1. The highest BCUT2D eigenvalue weighted by Gasteiger charge is 2.57. The average Bonchev–Trinajstić information content (AvgIpc) is 3.24. The Morgan fingerprint density at radius 3 is 2.19 bits per heavy atom. The van der Waals surface area contributed by atoms with Gasteiger partial charge in [0.1, 0.15) is 0 Å². The van der Waals surface area contributed by atoms with Crippen LogP contribution in [-0.4, -0.2) is 20.2 Å². The van der Waals surface area contributed by atoms with E-state index in [1.807, 2.05) is 30.3 Å². The molecule has 3 atom stereocenters. The van der Waals surface area contributed by atoms with Crippen LogP contribution in [0.15, 0.2) is 59.5 Å². The first-order chi connectivity index (χ1) is 10.1. The molecule has 0 heterocycles. The minimum Gasteiger partial charge on any atom is -0.330 e. The molecule has 3 unspecified atom stereocenters. The van der Waals surface area contributed by atoms with Gasteiger partial charge in [-0.3, -0.25) is 0 Å². The molecule has 0 bridgehead atoms. The summed E-state index contributed by atoms with van der Waals surface area (Å²) in [6.07, 6.45) is 0. The van der Waals surface area contributed by atoms with E-state index in [2.05, 4.69) is 0 Å². The second kappa shape index (κ2) is 5.44. The topological polar surface area (TPSA) is 60.2 Å². The van der Waals surface area contributed by atoms with Crippen LogP contribution in [0.3, 0.4) is 0 Å². The van der Waals surface area contributed by atoms with Crippen LogP contribution in [0.2, 0.25) is 5.02 Å². The molecule has 3 rings (SSSR count). The predicted octanol–water partition coefficient (Wildman–Crippen LogP) is 2.85. The minimum absolute atomic E-state index is 0.0168.